The smallest absolute Gasteiger partial charge is 0.279 e. The molecule has 2 rings (SSSR count). The van der Waals surface area contributed by atoms with Crippen molar-refractivity contribution in [3.05, 3.63) is 25.6 Å². The van der Waals surface area contributed by atoms with Crippen molar-refractivity contribution in [1.29, 1.82) is 0 Å². The van der Waals surface area contributed by atoms with Gasteiger partial charge in [-0.3, -0.25) is 14.3 Å². The van der Waals surface area contributed by atoms with Gasteiger partial charge in [0.05, 0.1) is 0 Å². The van der Waals surface area contributed by atoms with Crippen molar-refractivity contribution in [2.75, 3.05) is 0 Å². The van der Waals surface area contributed by atoms with E-state index in [0.29, 0.717) is 4.73 Å². The van der Waals surface area contributed by atoms with Gasteiger partial charge in [-0.1, -0.05) is 6.42 Å². The summed E-state index contributed by atoms with van der Waals surface area (Å²) in [7, 11) is 1.50. The van der Waals surface area contributed by atoms with E-state index in [1.807, 2.05) is 0 Å². The van der Waals surface area contributed by atoms with Gasteiger partial charge in [-0.05, 0) is 15.9 Å². The van der Waals surface area contributed by atoms with Crippen LogP contribution in [-0.2, 0) is 7.05 Å². The average molecular weight is 269 g/mol. The number of hydrogen-bond donors (Lipinski definition) is 1. The molecule has 0 saturated heterocycles. The lowest BCUT2D eigenvalue weighted by Crippen LogP contribution is -2.29. The van der Waals surface area contributed by atoms with Crippen LogP contribution in [0.25, 0.3) is 11.2 Å². The Morgan fingerprint density at radius 1 is 1.53 bits per heavy atom. The minimum atomic E-state index is -0.552. The molecule has 0 aliphatic heterocycles. The first kappa shape index (κ1) is 9.73. The predicted molar refractivity (Wildman–Crippen MR) is 57.5 cm³/mol. The predicted octanol–water partition coefficient (Wildman–Crippen LogP) is -0.375. The Kier molecular flexibility index (Phi) is 2.01. The van der Waals surface area contributed by atoms with Crippen LogP contribution in [0.4, 0.5) is 0 Å². The van der Waals surface area contributed by atoms with Gasteiger partial charge in [0.15, 0.2) is 15.9 Å². The van der Waals surface area contributed by atoms with Crippen LogP contribution < -0.4 is 11.2 Å². The fourth-order valence-corrected chi connectivity index (χ4v) is 1.72. The summed E-state index contributed by atoms with van der Waals surface area (Å²) in [6, 6.07) is 2.28. The number of aryl methyl sites for hydroxylation is 1. The van der Waals surface area contributed by atoms with Gasteiger partial charge >= 0.3 is 5.69 Å². The zero-order chi connectivity index (χ0) is 11.2. The van der Waals surface area contributed by atoms with E-state index < -0.39 is 11.2 Å². The molecule has 0 bridgehead atoms. The van der Waals surface area contributed by atoms with Crippen molar-refractivity contribution in [3.8, 4) is 12.5 Å². The van der Waals surface area contributed by atoms with Crippen LogP contribution in [0.5, 0.6) is 0 Å². The number of rotatable bonds is 0. The summed E-state index contributed by atoms with van der Waals surface area (Å²) in [5, 5.41) is 0. The summed E-state index contributed by atoms with van der Waals surface area (Å²) in [4.78, 5) is 28.9. The van der Waals surface area contributed by atoms with Crippen LogP contribution in [-0.4, -0.2) is 19.1 Å². The molecule has 0 atom stereocenters. The zero-order valence-electron chi connectivity index (χ0n) is 7.61. The first-order chi connectivity index (χ1) is 7.06. The van der Waals surface area contributed by atoms with Crippen LogP contribution in [0.2, 0.25) is 0 Å². The molecule has 0 unspecified atom stereocenters. The van der Waals surface area contributed by atoms with E-state index >= 15 is 0 Å². The van der Waals surface area contributed by atoms with E-state index in [1.165, 1.54) is 16.2 Å². The zero-order valence-corrected chi connectivity index (χ0v) is 9.20. The Morgan fingerprint density at radius 2 is 2.20 bits per heavy atom. The molecule has 0 amide bonds. The molecule has 7 heteroatoms. The monoisotopic (exact) mass is 268 g/mol. The fourth-order valence-electron chi connectivity index (χ4n) is 1.27. The van der Waals surface area contributed by atoms with E-state index in [1.54, 1.807) is 0 Å². The Hall–Kier alpha value is -1.81. The summed E-state index contributed by atoms with van der Waals surface area (Å²) in [5.41, 5.74) is -0.661. The molecule has 15 heavy (non-hydrogen) atoms. The topological polar surface area (TPSA) is 72.7 Å². The number of terminal acetylenes is 1. The minimum absolute atomic E-state index is 0.173. The normalized spacial score (nSPS) is 10.5. The molecule has 2 aromatic rings. The highest BCUT2D eigenvalue weighted by molar-refractivity contribution is 9.10. The van der Waals surface area contributed by atoms with Crippen molar-refractivity contribution in [2.45, 2.75) is 0 Å². The Labute approximate surface area is 91.7 Å². The number of aromatic amines is 1. The lowest BCUT2D eigenvalue weighted by molar-refractivity contribution is 0.831. The Morgan fingerprint density at radius 3 is 2.80 bits per heavy atom. The second kappa shape index (κ2) is 3.10. The van der Waals surface area contributed by atoms with Crippen molar-refractivity contribution >= 4 is 27.1 Å². The Bertz CT molecular complexity index is 700. The summed E-state index contributed by atoms with van der Waals surface area (Å²) in [6.45, 7) is 0. The molecular weight excluding hydrogens is 264 g/mol. The van der Waals surface area contributed by atoms with Crippen LogP contribution in [0.3, 0.4) is 0 Å². The third-order valence-corrected chi connectivity index (χ3v) is 2.54. The maximum Gasteiger partial charge on any atom is 0.329 e. The van der Waals surface area contributed by atoms with E-state index in [9.17, 15) is 9.59 Å². The summed E-state index contributed by atoms with van der Waals surface area (Å²) < 4.78 is 2.76. The van der Waals surface area contributed by atoms with E-state index in [4.69, 9.17) is 6.42 Å². The quantitative estimate of drug-likeness (QED) is 0.523. The molecule has 0 saturated carbocycles. The fraction of sp³-hybridized carbons (Fsp3) is 0.125. The molecule has 0 aromatic carbocycles. The van der Waals surface area contributed by atoms with Crippen molar-refractivity contribution in [1.82, 2.24) is 19.1 Å². The number of nitrogens with zero attached hydrogens (tertiary/aromatic N) is 3. The molecule has 2 heterocycles. The number of imidazole rings is 1. The van der Waals surface area contributed by atoms with Gasteiger partial charge in [-0.2, -0.15) is 0 Å². The van der Waals surface area contributed by atoms with Crippen LogP contribution in [0.15, 0.2) is 14.3 Å². The number of H-pyrrole nitrogens is 1. The van der Waals surface area contributed by atoms with Crippen molar-refractivity contribution < 1.29 is 0 Å². The molecule has 1 N–H and O–H groups in total. The summed E-state index contributed by atoms with van der Waals surface area (Å²) in [5.74, 6) is 0. The Balaban J connectivity index is 3.19. The van der Waals surface area contributed by atoms with Gasteiger partial charge in [0.2, 0.25) is 0 Å². The van der Waals surface area contributed by atoms with Crippen LogP contribution in [0, 0.1) is 12.5 Å². The highest BCUT2D eigenvalue weighted by Gasteiger charge is 2.14. The molecular formula is C8H5BrN4O2. The van der Waals surface area contributed by atoms with E-state index in [2.05, 4.69) is 31.9 Å². The summed E-state index contributed by atoms with van der Waals surface area (Å²) >= 11 is 3.10. The second-order valence-corrected chi connectivity index (χ2v) is 3.55. The number of halogens is 1. The molecule has 0 aliphatic carbocycles. The molecule has 0 spiro atoms. The van der Waals surface area contributed by atoms with E-state index in [-0.39, 0.29) is 11.2 Å². The van der Waals surface area contributed by atoms with Crippen molar-refractivity contribution in [2.24, 2.45) is 7.05 Å². The molecule has 76 valence electrons. The lowest BCUT2D eigenvalue weighted by Gasteiger charge is -1.96. The lowest BCUT2D eigenvalue weighted by atomic mass is 10.5. The average Bonchev–Trinajstić information content (AvgIpc) is 2.52. The van der Waals surface area contributed by atoms with E-state index in [0.717, 1.165) is 0 Å². The number of nitrogens with one attached hydrogen (secondary N) is 1. The maximum atomic E-state index is 11.5. The van der Waals surface area contributed by atoms with Crippen molar-refractivity contribution in [3.63, 3.8) is 0 Å². The maximum absolute atomic E-state index is 11.5. The molecule has 0 aliphatic rings. The number of hydrogen-bond acceptors (Lipinski definition) is 3. The number of fused-ring (bicyclic) bond motifs is 1. The van der Waals surface area contributed by atoms with Gasteiger partial charge in [0.1, 0.15) is 0 Å². The highest BCUT2D eigenvalue weighted by Crippen LogP contribution is 2.13. The molecule has 0 radical (unpaired) electrons. The standard InChI is InChI=1S/C8H5BrN4O2/c1-3-13-4-5(10-7(13)9)12(2)8(15)11-6(4)14/h1H,2H3,(H,11,14,15). The van der Waals surface area contributed by atoms with Gasteiger partial charge < -0.3 is 0 Å². The SMILES string of the molecule is C#Cn1c(Br)nc2c1c(=O)[nH]c(=O)n2C. The third-order valence-electron chi connectivity index (χ3n) is 2.01. The van der Waals surface area contributed by atoms with Gasteiger partial charge in [0.25, 0.3) is 5.56 Å². The van der Waals surface area contributed by atoms with Gasteiger partial charge in [-0.15, -0.1) is 0 Å². The first-order valence-electron chi connectivity index (χ1n) is 3.90. The van der Waals surface area contributed by atoms with Crippen LogP contribution >= 0.6 is 15.9 Å². The highest BCUT2D eigenvalue weighted by atomic mass is 79.9. The van der Waals surface area contributed by atoms with Crippen LogP contribution in [0.1, 0.15) is 0 Å². The largest absolute Gasteiger partial charge is 0.329 e. The molecule has 6 nitrogen and oxygen atoms in total. The minimum Gasteiger partial charge on any atom is -0.279 e. The van der Waals surface area contributed by atoms with Gasteiger partial charge in [-0.25, -0.2) is 14.3 Å². The molecule has 2 aromatic heterocycles. The molecule has 0 fully saturated rings. The third kappa shape index (κ3) is 1.22. The summed E-state index contributed by atoms with van der Waals surface area (Å²) in [6.07, 6.45) is 5.22. The first-order valence-corrected chi connectivity index (χ1v) is 4.69. The second-order valence-electron chi connectivity index (χ2n) is 2.84. The number of aromatic nitrogens is 4. The van der Waals surface area contributed by atoms with Gasteiger partial charge in [0, 0.05) is 13.1 Å².